The molecule has 0 N–H and O–H groups in total. The number of allylic oxidation sites excluding steroid dienone is 2. The Morgan fingerprint density at radius 2 is 2.03 bits per heavy atom. The summed E-state index contributed by atoms with van der Waals surface area (Å²) in [5.74, 6) is 0.723. The summed E-state index contributed by atoms with van der Waals surface area (Å²) < 4.78 is 0. The van der Waals surface area contributed by atoms with Gasteiger partial charge in [0.25, 0.3) is 5.91 Å². The molecule has 1 fully saturated rings. The summed E-state index contributed by atoms with van der Waals surface area (Å²) in [7, 11) is 0. The summed E-state index contributed by atoms with van der Waals surface area (Å²) in [5.41, 5.74) is 5.60. The SMILES string of the molecule is Cc1ccc(C2=C(CC(C)C)[CH]2)c(C(=O)N2CCN(c3ncc(C#N)s3)CC2)c1. The number of carbonyl (C=O) groups excluding carboxylic acids is 1. The molecule has 0 bridgehead atoms. The van der Waals surface area contributed by atoms with Crippen LogP contribution in [0.15, 0.2) is 30.0 Å². The minimum absolute atomic E-state index is 0.108. The molecular formula is C23H25N4OS. The second-order valence-corrected chi connectivity index (χ2v) is 9.14. The van der Waals surface area contributed by atoms with Crippen molar-refractivity contribution in [2.75, 3.05) is 31.1 Å². The number of nitrogens with zero attached hydrogens (tertiary/aromatic N) is 4. The number of aromatic nitrogens is 1. The van der Waals surface area contributed by atoms with E-state index < -0.39 is 0 Å². The Morgan fingerprint density at radius 3 is 2.69 bits per heavy atom. The Labute approximate surface area is 176 Å². The fourth-order valence-corrected chi connectivity index (χ4v) is 4.57. The first-order valence-corrected chi connectivity index (χ1v) is 10.9. The lowest BCUT2D eigenvalue weighted by Crippen LogP contribution is -2.49. The molecule has 1 aromatic carbocycles. The third kappa shape index (κ3) is 4.20. The Bertz CT molecular complexity index is 1010. The van der Waals surface area contributed by atoms with Crippen molar-refractivity contribution in [3.63, 3.8) is 0 Å². The zero-order chi connectivity index (χ0) is 20.5. The van der Waals surface area contributed by atoms with Gasteiger partial charge in [-0.2, -0.15) is 5.26 Å². The van der Waals surface area contributed by atoms with E-state index in [0.717, 1.165) is 41.3 Å². The number of amides is 1. The zero-order valence-corrected chi connectivity index (χ0v) is 17.9. The van der Waals surface area contributed by atoms with Gasteiger partial charge in [0.15, 0.2) is 5.13 Å². The molecular weight excluding hydrogens is 380 g/mol. The predicted molar refractivity (Wildman–Crippen MR) is 117 cm³/mol. The fraction of sp³-hybridized carbons (Fsp3) is 0.391. The molecule has 6 heteroatoms. The van der Waals surface area contributed by atoms with E-state index in [1.807, 2.05) is 17.9 Å². The van der Waals surface area contributed by atoms with Gasteiger partial charge >= 0.3 is 0 Å². The molecule has 1 saturated heterocycles. The number of hydrogen-bond acceptors (Lipinski definition) is 5. The quantitative estimate of drug-likeness (QED) is 0.744. The summed E-state index contributed by atoms with van der Waals surface area (Å²) in [4.78, 5) is 22.4. The van der Waals surface area contributed by atoms with Gasteiger partial charge < -0.3 is 9.80 Å². The Kier molecular flexibility index (Phi) is 5.42. The standard InChI is InChI=1S/C23H25N4OS/c1-15(2)10-17-12-20(17)19-5-4-16(3)11-21(19)22(28)26-6-8-27(9-7-26)23-25-14-18(13-24)29-23/h4-5,11-12,14-15H,6-10H2,1-3H3. The maximum Gasteiger partial charge on any atom is 0.254 e. The highest BCUT2D eigenvalue weighted by molar-refractivity contribution is 7.16. The van der Waals surface area contributed by atoms with Crippen molar-refractivity contribution in [3.05, 3.63) is 58.0 Å². The predicted octanol–water partition coefficient (Wildman–Crippen LogP) is 4.30. The molecule has 0 atom stereocenters. The van der Waals surface area contributed by atoms with Crippen LogP contribution >= 0.6 is 11.3 Å². The highest BCUT2D eigenvalue weighted by Crippen LogP contribution is 2.44. The Balaban J connectivity index is 1.49. The molecule has 2 aliphatic rings. The molecule has 5 nitrogen and oxygen atoms in total. The van der Waals surface area contributed by atoms with Crippen molar-refractivity contribution in [1.82, 2.24) is 9.88 Å². The van der Waals surface area contributed by atoms with Crippen LogP contribution in [0.1, 0.15) is 46.6 Å². The van der Waals surface area contributed by atoms with E-state index >= 15 is 0 Å². The number of anilines is 1. The molecule has 2 heterocycles. The fourth-order valence-electron chi connectivity index (χ4n) is 3.80. The number of piperazine rings is 1. The van der Waals surface area contributed by atoms with Crippen molar-refractivity contribution in [1.29, 1.82) is 5.26 Å². The maximum atomic E-state index is 13.3. The number of aryl methyl sites for hydroxylation is 1. The van der Waals surface area contributed by atoms with Crippen LogP contribution in [0, 0.1) is 30.6 Å². The molecule has 149 valence electrons. The molecule has 0 unspecified atom stereocenters. The second-order valence-electron chi connectivity index (χ2n) is 8.13. The van der Waals surface area contributed by atoms with Crippen molar-refractivity contribution in [2.24, 2.45) is 5.92 Å². The number of hydrogen-bond donors (Lipinski definition) is 0. The van der Waals surface area contributed by atoms with Gasteiger partial charge in [0, 0.05) is 38.2 Å². The lowest BCUT2D eigenvalue weighted by molar-refractivity contribution is 0.0746. The molecule has 1 aliphatic heterocycles. The van der Waals surface area contributed by atoms with Crippen LogP contribution in [0.25, 0.3) is 5.57 Å². The van der Waals surface area contributed by atoms with Crippen LogP contribution < -0.4 is 4.90 Å². The van der Waals surface area contributed by atoms with Crippen LogP contribution in [0.3, 0.4) is 0 Å². The number of thiazole rings is 1. The molecule has 2 aromatic rings. The number of nitriles is 1. The highest BCUT2D eigenvalue weighted by Gasteiger charge is 2.30. The van der Waals surface area contributed by atoms with E-state index in [2.05, 4.69) is 48.4 Å². The van der Waals surface area contributed by atoms with Crippen molar-refractivity contribution in [3.8, 4) is 6.07 Å². The summed E-state index contributed by atoms with van der Waals surface area (Å²) in [6.45, 7) is 9.27. The van der Waals surface area contributed by atoms with Crippen LogP contribution in [0.4, 0.5) is 5.13 Å². The van der Waals surface area contributed by atoms with Crippen molar-refractivity contribution < 1.29 is 4.79 Å². The van der Waals surface area contributed by atoms with E-state index in [0.29, 0.717) is 23.9 Å². The van der Waals surface area contributed by atoms with Crippen LogP contribution in [0.5, 0.6) is 0 Å². The average Bonchev–Trinajstić information content (AvgIpc) is 3.28. The number of benzene rings is 1. The largest absolute Gasteiger partial charge is 0.345 e. The van der Waals surface area contributed by atoms with Gasteiger partial charge in [0.1, 0.15) is 10.9 Å². The molecule has 1 radical (unpaired) electrons. The molecule has 0 spiro atoms. The lowest BCUT2D eigenvalue weighted by atomic mass is 10.0. The van der Waals surface area contributed by atoms with Crippen LogP contribution in [0.2, 0.25) is 0 Å². The molecule has 1 aliphatic carbocycles. The normalized spacial score (nSPS) is 16.4. The van der Waals surface area contributed by atoms with Crippen LogP contribution in [-0.2, 0) is 0 Å². The third-order valence-corrected chi connectivity index (χ3v) is 6.31. The molecule has 1 amide bonds. The van der Waals surface area contributed by atoms with Gasteiger partial charge in [-0.25, -0.2) is 4.98 Å². The molecule has 29 heavy (non-hydrogen) atoms. The lowest BCUT2D eigenvalue weighted by Gasteiger charge is -2.35. The molecule has 1 aromatic heterocycles. The number of carbonyl (C=O) groups is 1. The first-order chi connectivity index (χ1) is 14.0. The van der Waals surface area contributed by atoms with Gasteiger partial charge in [0.2, 0.25) is 0 Å². The van der Waals surface area contributed by atoms with E-state index in [9.17, 15) is 4.79 Å². The smallest absolute Gasteiger partial charge is 0.254 e. The van der Waals surface area contributed by atoms with Gasteiger partial charge in [0.05, 0.1) is 6.20 Å². The van der Waals surface area contributed by atoms with Crippen molar-refractivity contribution in [2.45, 2.75) is 27.2 Å². The van der Waals surface area contributed by atoms with Gasteiger partial charge in [-0.3, -0.25) is 4.79 Å². The number of rotatable bonds is 5. The van der Waals surface area contributed by atoms with Crippen molar-refractivity contribution >= 4 is 27.9 Å². The van der Waals surface area contributed by atoms with Gasteiger partial charge in [-0.15, -0.1) is 0 Å². The maximum absolute atomic E-state index is 13.3. The average molecular weight is 406 g/mol. The summed E-state index contributed by atoms with van der Waals surface area (Å²) in [6, 6.07) is 8.34. The van der Waals surface area contributed by atoms with E-state index in [1.54, 1.807) is 6.20 Å². The topological polar surface area (TPSA) is 60.2 Å². The van der Waals surface area contributed by atoms with E-state index in [1.165, 1.54) is 22.5 Å². The highest BCUT2D eigenvalue weighted by atomic mass is 32.1. The van der Waals surface area contributed by atoms with Crippen LogP contribution in [-0.4, -0.2) is 42.0 Å². The van der Waals surface area contributed by atoms with Gasteiger partial charge in [-0.1, -0.05) is 48.5 Å². The molecule has 4 rings (SSSR count). The summed E-state index contributed by atoms with van der Waals surface area (Å²) in [6.07, 6.45) is 4.90. The van der Waals surface area contributed by atoms with Gasteiger partial charge in [-0.05, 0) is 36.5 Å². The summed E-state index contributed by atoms with van der Waals surface area (Å²) >= 11 is 1.41. The Morgan fingerprint density at radius 1 is 1.28 bits per heavy atom. The molecule has 0 saturated carbocycles. The first kappa shape index (κ1) is 19.7. The Hall–Kier alpha value is -2.65. The third-order valence-electron chi connectivity index (χ3n) is 5.35. The first-order valence-electron chi connectivity index (χ1n) is 10.1. The zero-order valence-electron chi connectivity index (χ0n) is 17.1. The minimum atomic E-state index is 0.108. The second kappa shape index (κ2) is 8.00. The monoisotopic (exact) mass is 405 g/mol. The van der Waals surface area contributed by atoms with E-state index in [4.69, 9.17) is 5.26 Å². The van der Waals surface area contributed by atoms with E-state index in [-0.39, 0.29) is 5.91 Å². The summed E-state index contributed by atoms with van der Waals surface area (Å²) in [5, 5.41) is 9.86. The minimum Gasteiger partial charge on any atom is -0.345 e.